The van der Waals surface area contributed by atoms with E-state index in [1.807, 2.05) is 6.92 Å². The van der Waals surface area contributed by atoms with Crippen LogP contribution in [0.2, 0.25) is 0 Å². The summed E-state index contributed by atoms with van der Waals surface area (Å²) in [4.78, 5) is 15.8. The summed E-state index contributed by atoms with van der Waals surface area (Å²) in [5, 5.41) is 9.25. The molecule has 7 nitrogen and oxygen atoms in total. The van der Waals surface area contributed by atoms with Crippen molar-refractivity contribution in [2.75, 3.05) is 26.7 Å². The van der Waals surface area contributed by atoms with Crippen molar-refractivity contribution in [1.82, 2.24) is 16.0 Å². The van der Waals surface area contributed by atoms with Gasteiger partial charge in [-0.05, 0) is 44.7 Å². The van der Waals surface area contributed by atoms with Crippen molar-refractivity contribution in [3.63, 3.8) is 0 Å². The van der Waals surface area contributed by atoms with Crippen molar-refractivity contribution in [2.45, 2.75) is 38.8 Å². The number of halogens is 2. The number of aliphatic imine (C=N–C) groups is 1. The number of hydrogen-bond donors (Lipinski definition) is 3. The van der Waals surface area contributed by atoms with E-state index in [2.05, 4.69) is 20.9 Å². The first-order chi connectivity index (χ1) is 13.0. The summed E-state index contributed by atoms with van der Waals surface area (Å²) in [5.74, 6) is 0.893. The SMILES string of the molecule is CCOC(=O)NC(CNC(=NC)NCC(C)Oc1ccccc1F)C1CC1.I. The first-order valence-corrected chi connectivity index (χ1v) is 9.32. The van der Waals surface area contributed by atoms with Gasteiger partial charge >= 0.3 is 6.09 Å². The minimum absolute atomic E-state index is 0. The average molecular weight is 508 g/mol. The Hall–Kier alpha value is -1.78. The average Bonchev–Trinajstić information content (AvgIpc) is 3.48. The molecule has 1 fully saturated rings. The number of carbonyl (C=O) groups is 1. The molecule has 2 unspecified atom stereocenters. The zero-order valence-corrected chi connectivity index (χ0v) is 18.9. The van der Waals surface area contributed by atoms with Gasteiger partial charge in [-0.3, -0.25) is 4.99 Å². The van der Waals surface area contributed by atoms with Gasteiger partial charge in [0, 0.05) is 13.6 Å². The summed E-state index contributed by atoms with van der Waals surface area (Å²) in [6.45, 7) is 4.97. The minimum atomic E-state index is -0.397. The number of para-hydroxylation sites is 1. The molecule has 1 aliphatic carbocycles. The molecule has 1 amide bonds. The summed E-state index contributed by atoms with van der Waals surface area (Å²) in [6, 6.07) is 6.31. The van der Waals surface area contributed by atoms with Gasteiger partial charge in [-0.15, -0.1) is 24.0 Å². The molecule has 158 valence electrons. The molecule has 28 heavy (non-hydrogen) atoms. The molecule has 0 spiro atoms. The van der Waals surface area contributed by atoms with Crippen molar-refractivity contribution < 1.29 is 18.7 Å². The van der Waals surface area contributed by atoms with E-state index in [0.29, 0.717) is 31.6 Å². The van der Waals surface area contributed by atoms with E-state index in [4.69, 9.17) is 9.47 Å². The van der Waals surface area contributed by atoms with Crippen LogP contribution in [0.3, 0.4) is 0 Å². The van der Waals surface area contributed by atoms with Gasteiger partial charge in [-0.1, -0.05) is 12.1 Å². The first kappa shape index (κ1) is 24.3. The lowest BCUT2D eigenvalue weighted by atomic mass is 10.2. The number of alkyl carbamates (subject to hydrolysis) is 1. The quantitative estimate of drug-likeness (QED) is 0.272. The number of amides is 1. The van der Waals surface area contributed by atoms with Gasteiger partial charge in [-0.2, -0.15) is 0 Å². The molecule has 2 atom stereocenters. The molecule has 1 aromatic rings. The fraction of sp³-hybridized carbons (Fsp3) is 0.579. The number of ether oxygens (including phenoxy) is 2. The van der Waals surface area contributed by atoms with Crippen molar-refractivity contribution >= 4 is 36.0 Å². The number of nitrogens with zero attached hydrogens (tertiary/aromatic N) is 1. The lowest BCUT2D eigenvalue weighted by Gasteiger charge is -2.21. The Morgan fingerprint density at radius 1 is 1.29 bits per heavy atom. The summed E-state index contributed by atoms with van der Waals surface area (Å²) >= 11 is 0. The molecule has 0 bridgehead atoms. The largest absolute Gasteiger partial charge is 0.486 e. The highest BCUT2D eigenvalue weighted by atomic mass is 127. The van der Waals surface area contributed by atoms with E-state index >= 15 is 0 Å². The zero-order chi connectivity index (χ0) is 19.6. The predicted molar refractivity (Wildman–Crippen MR) is 118 cm³/mol. The van der Waals surface area contributed by atoms with Crippen LogP contribution in [0.4, 0.5) is 9.18 Å². The van der Waals surface area contributed by atoms with Crippen LogP contribution in [0.1, 0.15) is 26.7 Å². The number of nitrogens with one attached hydrogen (secondary N) is 3. The van der Waals surface area contributed by atoms with Crippen molar-refractivity contribution in [3.05, 3.63) is 30.1 Å². The second kappa shape index (κ2) is 12.6. The summed E-state index contributed by atoms with van der Waals surface area (Å²) in [5.41, 5.74) is 0. The lowest BCUT2D eigenvalue weighted by molar-refractivity contribution is 0.146. The second-order valence-corrected chi connectivity index (χ2v) is 6.50. The van der Waals surface area contributed by atoms with Gasteiger partial charge in [0.1, 0.15) is 6.10 Å². The second-order valence-electron chi connectivity index (χ2n) is 6.50. The molecule has 0 saturated heterocycles. The van der Waals surface area contributed by atoms with Gasteiger partial charge in [-0.25, -0.2) is 9.18 Å². The number of hydrogen-bond acceptors (Lipinski definition) is 4. The third-order valence-electron chi connectivity index (χ3n) is 4.20. The Bertz CT molecular complexity index is 643. The maximum atomic E-state index is 13.6. The smallest absolute Gasteiger partial charge is 0.407 e. The van der Waals surface area contributed by atoms with Crippen LogP contribution in [0.5, 0.6) is 5.75 Å². The standard InChI is InChI=1S/C19H29FN4O3.HI/c1-4-26-19(25)24-16(14-9-10-14)12-23-18(21-3)22-11-13(2)27-17-8-6-5-7-15(17)20;/h5-8,13-14,16H,4,9-12H2,1-3H3,(H,24,25)(H2,21,22,23);1H. The molecule has 0 aromatic heterocycles. The Morgan fingerprint density at radius 2 is 1.96 bits per heavy atom. The van der Waals surface area contributed by atoms with Crippen LogP contribution >= 0.6 is 24.0 Å². The molecule has 1 aromatic carbocycles. The van der Waals surface area contributed by atoms with Crippen LogP contribution in [-0.4, -0.2) is 50.9 Å². The fourth-order valence-electron chi connectivity index (χ4n) is 2.62. The van der Waals surface area contributed by atoms with Gasteiger partial charge in [0.05, 0.1) is 19.2 Å². The Labute approximate surface area is 182 Å². The summed E-state index contributed by atoms with van der Waals surface area (Å²) < 4.78 is 24.2. The van der Waals surface area contributed by atoms with Crippen LogP contribution in [-0.2, 0) is 4.74 Å². The maximum absolute atomic E-state index is 13.6. The van der Waals surface area contributed by atoms with Gasteiger partial charge in [0.15, 0.2) is 17.5 Å². The van der Waals surface area contributed by atoms with Gasteiger partial charge in [0.25, 0.3) is 0 Å². The fourth-order valence-corrected chi connectivity index (χ4v) is 2.62. The van der Waals surface area contributed by atoms with Crippen LogP contribution in [0, 0.1) is 11.7 Å². The lowest BCUT2D eigenvalue weighted by Crippen LogP contribution is -2.49. The Morgan fingerprint density at radius 3 is 2.57 bits per heavy atom. The van der Waals surface area contributed by atoms with Crippen LogP contribution in [0.25, 0.3) is 0 Å². The molecular formula is C19H30FIN4O3. The Balaban J connectivity index is 0.00000392. The van der Waals surface area contributed by atoms with Crippen molar-refractivity contribution in [1.29, 1.82) is 0 Å². The number of rotatable bonds is 9. The summed E-state index contributed by atoms with van der Waals surface area (Å²) in [7, 11) is 1.67. The van der Waals surface area contributed by atoms with Crippen LogP contribution < -0.4 is 20.7 Å². The monoisotopic (exact) mass is 508 g/mol. The highest BCUT2D eigenvalue weighted by molar-refractivity contribution is 14.0. The van der Waals surface area contributed by atoms with Crippen molar-refractivity contribution in [3.8, 4) is 5.75 Å². The van der Waals surface area contributed by atoms with E-state index < -0.39 is 6.09 Å². The van der Waals surface area contributed by atoms with Crippen molar-refractivity contribution in [2.24, 2.45) is 10.9 Å². The molecule has 3 N–H and O–H groups in total. The van der Waals surface area contributed by atoms with E-state index in [1.54, 1.807) is 32.2 Å². The molecule has 1 aliphatic rings. The predicted octanol–water partition coefficient (Wildman–Crippen LogP) is 2.90. The van der Waals surface area contributed by atoms with Gasteiger partial charge in [0.2, 0.25) is 0 Å². The third-order valence-corrected chi connectivity index (χ3v) is 4.20. The first-order valence-electron chi connectivity index (χ1n) is 9.32. The molecule has 9 heteroatoms. The summed E-state index contributed by atoms with van der Waals surface area (Å²) in [6.07, 6.45) is 1.54. The highest BCUT2D eigenvalue weighted by Gasteiger charge is 2.32. The molecule has 0 heterocycles. The van der Waals surface area contributed by atoms with E-state index in [9.17, 15) is 9.18 Å². The number of benzene rings is 1. The molecule has 1 saturated carbocycles. The molecule has 0 aliphatic heterocycles. The topological polar surface area (TPSA) is 84.0 Å². The van der Waals surface area contributed by atoms with Gasteiger partial charge < -0.3 is 25.4 Å². The number of carbonyl (C=O) groups excluding carboxylic acids is 1. The Kier molecular flexibility index (Phi) is 10.9. The van der Waals surface area contributed by atoms with E-state index in [-0.39, 0.29) is 47.7 Å². The van der Waals surface area contributed by atoms with E-state index in [1.165, 1.54) is 6.07 Å². The molecule has 2 rings (SSSR count). The maximum Gasteiger partial charge on any atom is 0.407 e. The zero-order valence-electron chi connectivity index (χ0n) is 16.5. The minimum Gasteiger partial charge on any atom is -0.486 e. The van der Waals surface area contributed by atoms with E-state index in [0.717, 1.165) is 12.8 Å². The highest BCUT2D eigenvalue weighted by Crippen LogP contribution is 2.32. The third kappa shape index (κ3) is 8.49. The normalized spacial score (nSPS) is 15.6. The molecular weight excluding hydrogens is 478 g/mol. The van der Waals surface area contributed by atoms with Crippen LogP contribution in [0.15, 0.2) is 29.3 Å². The number of guanidine groups is 1. The molecule has 0 radical (unpaired) electrons.